The molecule has 1 amide bonds. The molecule has 0 aliphatic carbocycles. The zero-order valence-electron chi connectivity index (χ0n) is 16.6. The number of hydrogen-bond donors (Lipinski definition) is 4. The van der Waals surface area contributed by atoms with Gasteiger partial charge in [0.1, 0.15) is 6.54 Å². The summed E-state index contributed by atoms with van der Waals surface area (Å²) in [7, 11) is 0. The Labute approximate surface area is 182 Å². The highest BCUT2D eigenvalue weighted by molar-refractivity contribution is 6.32. The number of carboxylic acid groups (broad SMARTS) is 2. The molecule has 2 atom stereocenters. The number of aliphatic carboxylic acids is 2. The Bertz CT molecular complexity index is 1120. The molecule has 0 radical (unpaired) electrons. The second-order valence-electron chi connectivity index (χ2n) is 6.73. The molecule has 10 heteroatoms. The molecule has 0 spiro atoms. The van der Waals surface area contributed by atoms with Crippen molar-refractivity contribution in [2.45, 2.75) is 12.2 Å². The Kier molecular flexibility index (Phi) is 6.57. The van der Waals surface area contributed by atoms with Crippen LogP contribution in [-0.2, 0) is 14.4 Å². The predicted octanol–water partition coefficient (Wildman–Crippen LogP) is 0.674. The van der Waals surface area contributed by atoms with Crippen molar-refractivity contribution in [3.8, 4) is 0 Å². The van der Waals surface area contributed by atoms with Gasteiger partial charge in [0.25, 0.3) is 5.91 Å². The summed E-state index contributed by atoms with van der Waals surface area (Å²) in [5.41, 5.74) is 4.04. The van der Waals surface area contributed by atoms with Gasteiger partial charge in [-0.2, -0.15) is 0 Å². The molecule has 0 aromatic heterocycles. The van der Waals surface area contributed by atoms with E-state index in [2.05, 4.69) is 16.6 Å². The van der Waals surface area contributed by atoms with E-state index in [4.69, 9.17) is 20.4 Å². The lowest BCUT2D eigenvalue weighted by Gasteiger charge is -2.18. The molecule has 2 unspecified atom stereocenters. The third-order valence-electron chi connectivity index (χ3n) is 4.58. The largest absolute Gasteiger partial charge is 0.479 e. The van der Waals surface area contributed by atoms with E-state index in [9.17, 15) is 14.4 Å². The summed E-state index contributed by atoms with van der Waals surface area (Å²) < 4.78 is 0. The van der Waals surface area contributed by atoms with Crippen LogP contribution in [0.1, 0.15) is 11.1 Å². The Morgan fingerprint density at radius 2 is 1.50 bits per heavy atom. The van der Waals surface area contributed by atoms with Crippen molar-refractivity contribution < 1.29 is 34.8 Å². The lowest BCUT2D eigenvalue weighted by atomic mass is 10.0. The summed E-state index contributed by atoms with van der Waals surface area (Å²) >= 11 is 0. The highest BCUT2D eigenvalue weighted by Crippen LogP contribution is 2.31. The molecule has 2 heterocycles. The maximum atomic E-state index is 12.2. The van der Waals surface area contributed by atoms with Crippen LogP contribution in [0.15, 0.2) is 76.9 Å². The first-order valence-corrected chi connectivity index (χ1v) is 9.34. The maximum absolute atomic E-state index is 12.2. The molecule has 0 fully saturated rings. The summed E-state index contributed by atoms with van der Waals surface area (Å²) in [6, 6.07) is 17.7. The number of carboxylic acids is 2. The summed E-state index contributed by atoms with van der Waals surface area (Å²) in [4.78, 5) is 42.4. The molecule has 32 heavy (non-hydrogen) atoms. The number of amidine groups is 1. The van der Waals surface area contributed by atoms with Gasteiger partial charge in [-0.3, -0.25) is 14.7 Å². The minimum absolute atomic E-state index is 0.0480. The van der Waals surface area contributed by atoms with Crippen LogP contribution < -0.4 is 4.90 Å². The second-order valence-corrected chi connectivity index (χ2v) is 6.73. The van der Waals surface area contributed by atoms with Crippen LogP contribution in [0.5, 0.6) is 0 Å². The van der Waals surface area contributed by atoms with Crippen LogP contribution in [0.4, 0.5) is 5.69 Å². The number of aliphatic hydroxyl groups is 2. The Hall–Kier alpha value is -4.15. The van der Waals surface area contributed by atoms with Crippen LogP contribution in [-0.4, -0.2) is 68.6 Å². The lowest BCUT2D eigenvalue weighted by Crippen LogP contribution is -2.39. The molecule has 0 saturated heterocycles. The Morgan fingerprint density at radius 3 is 2.09 bits per heavy atom. The van der Waals surface area contributed by atoms with Crippen molar-refractivity contribution in [2.24, 2.45) is 9.98 Å². The fourth-order valence-corrected chi connectivity index (χ4v) is 3.07. The quantitative estimate of drug-likeness (QED) is 0.547. The van der Waals surface area contributed by atoms with Crippen LogP contribution in [0, 0.1) is 0 Å². The SMILES string of the molecule is C=C1N=C(c2ccccc2)c2ccccc2N2C(=O)CN=C12.O=C(O)C(O)C(O)C(=O)O. The minimum atomic E-state index is -2.27. The fourth-order valence-electron chi connectivity index (χ4n) is 3.07. The third kappa shape index (κ3) is 4.46. The number of aliphatic imine (C=N–C) groups is 2. The molecule has 10 nitrogen and oxygen atoms in total. The van der Waals surface area contributed by atoms with Crippen molar-refractivity contribution in [3.05, 3.63) is 78.0 Å². The smallest absolute Gasteiger partial charge is 0.335 e. The number of para-hydroxylation sites is 1. The van der Waals surface area contributed by atoms with Gasteiger partial charge < -0.3 is 20.4 Å². The van der Waals surface area contributed by atoms with E-state index in [1.54, 1.807) is 4.90 Å². The third-order valence-corrected chi connectivity index (χ3v) is 4.58. The molecular weight excluding hydrogens is 418 g/mol. The zero-order valence-corrected chi connectivity index (χ0v) is 16.6. The van der Waals surface area contributed by atoms with Crippen LogP contribution in [0.2, 0.25) is 0 Å². The second kappa shape index (κ2) is 9.33. The standard InChI is InChI=1S/C18H13N3O.C4H6O6/c1-12-18-19-11-16(22)21(18)15-10-6-5-9-14(15)17(20-12)13-7-3-2-4-8-13;5-1(3(7)8)2(6)4(9)10/h2-10H,1,11H2;1-2,5-6H,(H,7,8)(H,9,10). The Morgan fingerprint density at radius 1 is 0.938 bits per heavy atom. The van der Waals surface area contributed by atoms with Gasteiger partial charge in [0, 0.05) is 11.1 Å². The van der Waals surface area contributed by atoms with E-state index in [1.807, 2.05) is 54.6 Å². The van der Waals surface area contributed by atoms with E-state index in [-0.39, 0.29) is 12.5 Å². The Balaban J connectivity index is 0.000000247. The molecule has 2 aliphatic heterocycles. The van der Waals surface area contributed by atoms with Crippen molar-refractivity contribution in [3.63, 3.8) is 0 Å². The molecule has 0 bridgehead atoms. The summed E-state index contributed by atoms with van der Waals surface area (Å²) in [6.45, 7) is 4.15. The van der Waals surface area contributed by atoms with Gasteiger partial charge in [0.2, 0.25) is 0 Å². The molecule has 0 saturated carbocycles. The van der Waals surface area contributed by atoms with Crippen LogP contribution >= 0.6 is 0 Å². The first-order chi connectivity index (χ1) is 15.2. The van der Waals surface area contributed by atoms with Crippen molar-refractivity contribution in [1.82, 2.24) is 0 Å². The molecule has 2 aromatic rings. The molecule has 4 N–H and O–H groups in total. The van der Waals surface area contributed by atoms with Crippen molar-refractivity contribution in [1.29, 1.82) is 0 Å². The average Bonchev–Trinajstić information content (AvgIpc) is 3.12. The van der Waals surface area contributed by atoms with Gasteiger partial charge in [-0.25, -0.2) is 14.6 Å². The maximum Gasteiger partial charge on any atom is 0.335 e. The molecule has 2 aliphatic rings. The fraction of sp³-hybridized carbons (Fsp3) is 0.136. The van der Waals surface area contributed by atoms with E-state index in [0.717, 1.165) is 22.5 Å². The lowest BCUT2D eigenvalue weighted by molar-refractivity contribution is -0.165. The van der Waals surface area contributed by atoms with Gasteiger partial charge in [-0.1, -0.05) is 55.1 Å². The molecule has 2 aromatic carbocycles. The number of amides is 1. The average molecular weight is 437 g/mol. The number of fused-ring (bicyclic) bond motifs is 3. The van der Waals surface area contributed by atoms with Gasteiger partial charge in [0.05, 0.1) is 17.1 Å². The molecule has 164 valence electrons. The normalized spacial score (nSPS) is 16.4. The predicted molar refractivity (Wildman–Crippen MR) is 115 cm³/mol. The van der Waals surface area contributed by atoms with E-state index in [0.29, 0.717) is 11.5 Å². The van der Waals surface area contributed by atoms with Crippen LogP contribution in [0.3, 0.4) is 0 Å². The highest BCUT2D eigenvalue weighted by Gasteiger charge is 2.33. The topological polar surface area (TPSA) is 160 Å². The zero-order chi connectivity index (χ0) is 23.4. The van der Waals surface area contributed by atoms with E-state index < -0.39 is 24.1 Å². The number of carbonyl (C=O) groups excluding carboxylic acids is 1. The number of carbonyl (C=O) groups is 3. The van der Waals surface area contributed by atoms with Gasteiger partial charge in [0.15, 0.2) is 18.0 Å². The van der Waals surface area contributed by atoms with Crippen molar-refractivity contribution in [2.75, 3.05) is 11.4 Å². The first-order valence-electron chi connectivity index (χ1n) is 9.34. The van der Waals surface area contributed by atoms with Gasteiger partial charge >= 0.3 is 11.9 Å². The number of aliphatic hydroxyl groups excluding tert-OH is 2. The van der Waals surface area contributed by atoms with E-state index in [1.165, 1.54) is 0 Å². The number of rotatable bonds is 4. The molecular formula is C22H19N3O7. The van der Waals surface area contributed by atoms with Crippen molar-refractivity contribution >= 4 is 35.1 Å². The minimum Gasteiger partial charge on any atom is -0.479 e. The number of anilines is 1. The number of benzene rings is 2. The summed E-state index contributed by atoms with van der Waals surface area (Å²) in [5.74, 6) is -3.04. The summed E-state index contributed by atoms with van der Waals surface area (Å²) in [6.07, 6.45) is -4.53. The van der Waals surface area contributed by atoms with Gasteiger partial charge in [-0.15, -0.1) is 0 Å². The van der Waals surface area contributed by atoms with E-state index >= 15 is 0 Å². The number of hydrogen-bond acceptors (Lipinski definition) is 7. The first kappa shape index (κ1) is 22.5. The monoisotopic (exact) mass is 437 g/mol. The number of nitrogens with zero attached hydrogens (tertiary/aromatic N) is 3. The van der Waals surface area contributed by atoms with Gasteiger partial charge in [-0.05, 0) is 6.07 Å². The van der Waals surface area contributed by atoms with Crippen LogP contribution in [0.25, 0.3) is 0 Å². The summed E-state index contributed by atoms with van der Waals surface area (Å²) in [5, 5.41) is 32.5. The molecule has 4 rings (SSSR count). The highest BCUT2D eigenvalue weighted by atomic mass is 16.4.